The first kappa shape index (κ1) is 17.6. The number of fused-ring (bicyclic) bond motifs is 1. The van der Waals surface area contributed by atoms with Crippen molar-refractivity contribution in [2.24, 2.45) is 0 Å². The van der Waals surface area contributed by atoms with Crippen molar-refractivity contribution in [3.63, 3.8) is 0 Å². The predicted molar refractivity (Wildman–Crippen MR) is 112 cm³/mol. The van der Waals surface area contributed by atoms with E-state index in [9.17, 15) is 4.79 Å². The van der Waals surface area contributed by atoms with E-state index in [0.717, 1.165) is 35.0 Å². The smallest absolute Gasteiger partial charge is 0.229 e. The molecule has 3 aromatic heterocycles. The molecule has 0 atom stereocenters. The summed E-state index contributed by atoms with van der Waals surface area (Å²) in [6.45, 7) is 0. The van der Waals surface area contributed by atoms with Crippen LogP contribution in [0.25, 0.3) is 10.9 Å². The van der Waals surface area contributed by atoms with Crippen LogP contribution in [0.1, 0.15) is 41.5 Å². The Hall–Kier alpha value is -3.54. The second kappa shape index (κ2) is 7.47. The topological polar surface area (TPSA) is 83.6 Å². The number of pyridine rings is 2. The van der Waals surface area contributed by atoms with Crippen LogP contribution >= 0.6 is 0 Å². The minimum absolute atomic E-state index is 0.0758. The van der Waals surface area contributed by atoms with E-state index in [1.165, 1.54) is 5.56 Å². The fourth-order valence-corrected chi connectivity index (χ4v) is 3.98. The quantitative estimate of drug-likeness (QED) is 0.541. The molecule has 1 aliphatic rings. The number of carbonyl (C=O) groups is 1. The van der Waals surface area contributed by atoms with Crippen LogP contribution in [0.5, 0.6) is 0 Å². The predicted octanol–water partition coefficient (Wildman–Crippen LogP) is 4.20. The molecule has 1 saturated carbocycles. The summed E-state index contributed by atoms with van der Waals surface area (Å²) in [5.41, 5.74) is 4.26. The summed E-state index contributed by atoms with van der Waals surface area (Å²) in [7, 11) is 0. The van der Waals surface area contributed by atoms with Crippen LogP contribution in [-0.4, -0.2) is 26.1 Å². The molecule has 144 valence electrons. The number of rotatable bonds is 5. The zero-order valence-electron chi connectivity index (χ0n) is 15.9. The summed E-state index contributed by atoms with van der Waals surface area (Å²) in [4.78, 5) is 20.9. The Morgan fingerprint density at radius 1 is 1.07 bits per heavy atom. The summed E-state index contributed by atoms with van der Waals surface area (Å²) < 4.78 is 0. The lowest BCUT2D eigenvalue weighted by atomic mass is 9.70. The van der Waals surface area contributed by atoms with Crippen LogP contribution in [0.3, 0.4) is 0 Å². The van der Waals surface area contributed by atoms with Crippen molar-refractivity contribution in [1.29, 1.82) is 0 Å². The second-order valence-corrected chi connectivity index (χ2v) is 7.62. The molecule has 4 aromatic rings. The normalized spacial score (nSPS) is 18.3. The van der Waals surface area contributed by atoms with E-state index in [-0.39, 0.29) is 5.91 Å². The summed E-state index contributed by atoms with van der Waals surface area (Å²) in [6, 6.07) is 15.9. The number of amides is 1. The fourth-order valence-electron chi connectivity index (χ4n) is 3.98. The van der Waals surface area contributed by atoms with Crippen molar-refractivity contribution in [2.75, 3.05) is 5.32 Å². The lowest BCUT2D eigenvalue weighted by Crippen LogP contribution is -2.20. The molecule has 1 amide bonds. The number of hydrogen-bond donors (Lipinski definition) is 2. The molecular formula is C23H21N5O. The van der Waals surface area contributed by atoms with Crippen molar-refractivity contribution < 1.29 is 4.79 Å². The lowest BCUT2D eigenvalue weighted by molar-refractivity contribution is -0.115. The minimum atomic E-state index is -0.0758. The Balaban J connectivity index is 1.18. The number of anilines is 1. The molecule has 1 aliphatic carbocycles. The van der Waals surface area contributed by atoms with Gasteiger partial charge in [0.1, 0.15) is 0 Å². The first-order valence-corrected chi connectivity index (χ1v) is 9.83. The highest BCUT2D eigenvalue weighted by atomic mass is 16.1. The fraction of sp³-hybridized carbons (Fsp3) is 0.217. The molecule has 6 nitrogen and oxygen atoms in total. The van der Waals surface area contributed by atoms with E-state index in [1.54, 1.807) is 12.4 Å². The zero-order valence-corrected chi connectivity index (χ0v) is 15.9. The summed E-state index contributed by atoms with van der Waals surface area (Å²) >= 11 is 0. The van der Waals surface area contributed by atoms with Crippen LogP contribution in [-0.2, 0) is 11.2 Å². The molecule has 0 aliphatic heterocycles. The maximum Gasteiger partial charge on any atom is 0.229 e. The Bertz CT molecular complexity index is 1150. The summed E-state index contributed by atoms with van der Waals surface area (Å²) in [5, 5.41) is 11.3. The Morgan fingerprint density at radius 2 is 1.97 bits per heavy atom. The highest BCUT2D eigenvalue weighted by molar-refractivity contribution is 5.92. The van der Waals surface area contributed by atoms with E-state index < -0.39 is 0 Å². The van der Waals surface area contributed by atoms with Gasteiger partial charge in [0, 0.05) is 41.7 Å². The molecule has 0 bridgehead atoms. The van der Waals surface area contributed by atoms with E-state index >= 15 is 0 Å². The number of aromatic amines is 1. The van der Waals surface area contributed by atoms with Crippen LogP contribution in [0.15, 0.2) is 67.1 Å². The molecular weight excluding hydrogens is 362 g/mol. The van der Waals surface area contributed by atoms with Gasteiger partial charge in [-0.15, -0.1) is 0 Å². The number of H-pyrrole nitrogens is 1. The van der Waals surface area contributed by atoms with E-state index in [0.29, 0.717) is 24.1 Å². The van der Waals surface area contributed by atoms with Crippen LogP contribution < -0.4 is 5.32 Å². The van der Waals surface area contributed by atoms with Crippen LogP contribution in [0, 0.1) is 0 Å². The van der Waals surface area contributed by atoms with Crippen molar-refractivity contribution in [3.05, 3.63) is 83.9 Å². The maximum absolute atomic E-state index is 12.4. The van der Waals surface area contributed by atoms with Crippen molar-refractivity contribution in [3.8, 4) is 0 Å². The van der Waals surface area contributed by atoms with Gasteiger partial charge < -0.3 is 5.32 Å². The number of nitrogens with one attached hydrogen (secondary N) is 2. The zero-order chi connectivity index (χ0) is 19.6. The van der Waals surface area contributed by atoms with Gasteiger partial charge >= 0.3 is 0 Å². The maximum atomic E-state index is 12.4. The van der Waals surface area contributed by atoms with Gasteiger partial charge in [0.15, 0.2) is 5.82 Å². The van der Waals surface area contributed by atoms with Gasteiger partial charge in [-0.2, -0.15) is 5.10 Å². The molecule has 2 N–H and O–H groups in total. The van der Waals surface area contributed by atoms with Gasteiger partial charge in [-0.05, 0) is 54.2 Å². The number of hydrogen-bond acceptors (Lipinski definition) is 4. The summed E-state index contributed by atoms with van der Waals surface area (Å²) in [5.74, 6) is 1.51. The van der Waals surface area contributed by atoms with Gasteiger partial charge in [0.2, 0.25) is 5.91 Å². The molecule has 29 heavy (non-hydrogen) atoms. The molecule has 0 spiro atoms. The molecule has 6 heteroatoms. The van der Waals surface area contributed by atoms with Crippen molar-refractivity contribution >= 4 is 22.6 Å². The molecule has 1 aromatic carbocycles. The van der Waals surface area contributed by atoms with Crippen molar-refractivity contribution in [2.45, 2.75) is 31.1 Å². The Morgan fingerprint density at radius 3 is 2.83 bits per heavy atom. The third kappa shape index (κ3) is 3.74. The standard InChI is InChI=1S/C23H21N5O/c29-23(10-15-5-6-20-16(9-15)3-2-8-25-20)26-22-13-21(27-28-22)19-11-18(12-19)17-4-1-7-24-14-17/h1-9,13-14,18-19H,10-12H2,(H2,26,27,28,29). The van der Waals surface area contributed by atoms with E-state index in [1.807, 2.05) is 48.7 Å². The lowest BCUT2D eigenvalue weighted by Gasteiger charge is -2.34. The summed E-state index contributed by atoms with van der Waals surface area (Å²) in [6.07, 6.45) is 7.98. The third-order valence-electron chi connectivity index (χ3n) is 5.63. The Kier molecular flexibility index (Phi) is 4.52. The third-order valence-corrected chi connectivity index (χ3v) is 5.63. The number of benzene rings is 1. The van der Waals surface area contributed by atoms with Gasteiger partial charge in [-0.3, -0.25) is 19.9 Å². The average Bonchev–Trinajstić information content (AvgIpc) is 3.15. The molecule has 0 unspecified atom stereocenters. The van der Waals surface area contributed by atoms with Crippen LogP contribution in [0.2, 0.25) is 0 Å². The van der Waals surface area contributed by atoms with Crippen LogP contribution in [0.4, 0.5) is 5.82 Å². The number of aromatic nitrogens is 4. The first-order chi connectivity index (χ1) is 14.2. The first-order valence-electron chi connectivity index (χ1n) is 9.83. The van der Waals surface area contributed by atoms with E-state index in [2.05, 4.69) is 31.5 Å². The SMILES string of the molecule is O=C(Cc1ccc2ncccc2c1)Nc1cc(C2CC(c3cccnc3)C2)[nH]n1. The Labute approximate surface area is 168 Å². The molecule has 0 saturated heterocycles. The largest absolute Gasteiger partial charge is 0.309 e. The monoisotopic (exact) mass is 383 g/mol. The van der Waals surface area contributed by atoms with E-state index in [4.69, 9.17) is 0 Å². The average molecular weight is 383 g/mol. The molecule has 3 heterocycles. The minimum Gasteiger partial charge on any atom is -0.309 e. The van der Waals surface area contributed by atoms with Gasteiger partial charge in [0.25, 0.3) is 0 Å². The van der Waals surface area contributed by atoms with Crippen molar-refractivity contribution in [1.82, 2.24) is 20.2 Å². The molecule has 1 fully saturated rings. The number of carbonyl (C=O) groups excluding carboxylic acids is 1. The second-order valence-electron chi connectivity index (χ2n) is 7.62. The molecule has 0 radical (unpaired) electrons. The van der Waals surface area contributed by atoms with Gasteiger partial charge in [-0.25, -0.2) is 0 Å². The number of nitrogens with zero attached hydrogens (tertiary/aromatic N) is 3. The van der Waals surface area contributed by atoms with Gasteiger partial charge in [-0.1, -0.05) is 18.2 Å². The van der Waals surface area contributed by atoms with Gasteiger partial charge in [0.05, 0.1) is 11.9 Å². The highest BCUT2D eigenvalue weighted by Gasteiger charge is 2.32. The highest BCUT2D eigenvalue weighted by Crippen LogP contribution is 2.46. The molecule has 5 rings (SSSR count).